The van der Waals surface area contributed by atoms with Crippen LogP contribution in [0.2, 0.25) is 0 Å². The number of ether oxygens (including phenoxy) is 1. The number of halogens is 1. The Balaban J connectivity index is 2.11. The van der Waals surface area contributed by atoms with Gasteiger partial charge in [0.25, 0.3) is 0 Å². The standard InChI is InChI=1S/C13H21BrN2OS/c1-3-5-15-12(13-10(14)4-8-18-13)11-9-16(2)6-7-17-11/h4,8,11-12,15H,3,5-7,9H2,1-2H3. The Morgan fingerprint density at radius 2 is 2.50 bits per heavy atom. The SMILES string of the molecule is CCCNC(c1sccc1Br)C1CN(C)CCO1. The number of morpholine rings is 1. The summed E-state index contributed by atoms with van der Waals surface area (Å²) in [6.45, 7) is 6.07. The van der Waals surface area contributed by atoms with E-state index in [2.05, 4.69) is 51.6 Å². The molecule has 1 N–H and O–H groups in total. The zero-order valence-electron chi connectivity index (χ0n) is 11.0. The van der Waals surface area contributed by atoms with Crippen LogP contribution in [-0.2, 0) is 4.74 Å². The molecule has 1 aromatic rings. The highest BCUT2D eigenvalue weighted by Gasteiger charge is 2.29. The summed E-state index contributed by atoms with van der Waals surface area (Å²) >= 11 is 5.44. The first-order valence-corrected chi connectivity index (χ1v) is 8.16. The van der Waals surface area contributed by atoms with Gasteiger partial charge in [-0.3, -0.25) is 0 Å². The quantitative estimate of drug-likeness (QED) is 0.897. The van der Waals surface area contributed by atoms with E-state index < -0.39 is 0 Å². The van der Waals surface area contributed by atoms with Crippen molar-refractivity contribution >= 4 is 27.3 Å². The fourth-order valence-electron chi connectivity index (χ4n) is 2.23. The molecule has 0 bridgehead atoms. The fraction of sp³-hybridized carbons (Fsp3) is 0.692. The molecule has 0 saturated carbocycles. The molecule has 5 heteroatoms. The van der Waals surface area contributed by atoms with Crippen LogP contribution in [0.1, 0.15) is 24.3 Å². The predicted octanol–water partition coefficient (Wildman–Crippen LogP) is 2.88. The minimum Gasteiger partial charge on any atom is -0.374 e. The van der Waals surface area contributed by atoms with E-state index in [0.717, 1.165) is 32.7 Å². The van der Waals surface area contributed by atoms with E-state index in [1.807, 2.05) is 0 Å². The molecule has 18 heavy (non-hydrogen) atoms. The van der Waals surface area contributed by atoms with Crippen LogP contribution in [0.5, 0.6) is 0 Å². The highest BCUT2D eigenvalue weighted by atomic mass is 79.9. The summed E-state index contributed by atoms with van der Waals surface area (Å²) in [5.74, 6) is 0. The van der Waals surface area contributed by atoms with Gasteiger partial charge in [-0.1, -0.05) is 6.92 Å². The molecule has 2 atom stereocenters. The Bertz CT molecular complexity index is 372. The highest BCUT2D eigenvalue weighted by Crippen LogP contribution is 2.32. The predicted molar refractivity (Wildman–Crippen MR) is 80.3 cm³/mol. The minimum atomic E-state index is 0.241. The molecule has 0 aliphatic carbocycles. The van der Waals surface area contributed by atoms with Gasteiger partial charge in [-0.05, 0) is 47.4 Å². The summed E-state index contributed by atoms with van der Waals surface area (Å²) in [5.41, 5.74) is 0. The summed E-state index contributed by atoms with van der Waals surface area (Å²) in [7, 11) is 2.16. The Kier molecular flexibility index (Phi) is 5.63. The third kappa shape index (κ3) is 3.54. The lowest BCUT2D eigenvalue weighted by Gasteiger charge is -2.35. The van der Waals surface area contributed by atoms with Gasteiger partial charge in [0.2, 0.25) is 0 Å². The van der Waals surface area contributed by atoms with E-state index in [1.54, 1.807) is 11.3 Å². The highest BCUT2D eigenvalue weighted by molar-refractivity contribution is 9.10. The first-order valence-electron chi connectivity index (χ1n) is 6.48. The first kappa shape index (κ1) is 14.5. The number of hydrogen-bond donors (Lipinski definition) is 1. The molecule has 102 valence electrons. The van der Waals surface area contributed by atoms with Crippen molar-refractivity contribution in [2.24, 2.45) is 0 Å². The molecule has 3 nitrogen and oxygen atoms in total. The average Bonchev–Trinajstić information content (AvgIpc) is 2.77. The molecule has 1 fully saturated rings. The second kappa shape index (κ2) is 7.01. The van der Waals surface area contributed by atoms with Crippen molar-refractivity contribution in [2.45, 2.75) is 25.5 Å². The first-order chi connectivity index (χ1) is 8.72. The maximum atomic E-state index is 5.97. The molecule has 1 aliphatic rings. The van der Waals surface area contributed by atoms with Gasteiger partial charge in [-0.2, -0.15) is 0 Å². The lowest BCUT2D eigenvalue weighted by Crippen LogP contribution is -2.46. The third-order valence-corrected chi connectivity index (χ3v) is 5.16. The van der Waals surface area contributed by atoms with Gasteiger partial charge in [0, 0.05) is 22.4 Å². The third-order valence-electron chi connectivity index (χ3n) is 3.21. The summed E-state index contributed by atoms with van der Waals surface area (Å²) in [6.07, 6.45) is 1.38. The van der Waals surface area contributed by atoms with Crippen LogP contribution in [0, 0.1) is 0 Å². The van der Waals surface area contributed by atoms with E-state index in [1.165, 1.54) is 9.35 Å². The van der Waals surface area contributed by atoms with Gasteiger partial charge in [-0.15, -0.1) is 11.3 Å². The minimum absolute atomic E-state index is 0.241. The maximum Gasteiger partial charge on any atom is 0.0905 e. The molecule has 2 rings (SSSR count). The molecule has 0 spiro atoms. The molecule has 2 heterocycles. The van der Waals surface area contributed by atoms with Crippen LogP contribution in [0.4, 0.5) is 0 Å². The van der Waals surface area contributed by atoms with Crippen LogP contribution in [-0.4, -0.2) is 44.3 Å². The lowest BCUT2D eigenvalue weighted by atomic mass is 10.1. The van der Waals surface area contributed by atoms with Crippen LogP contribution in [0.3, 0.4) is 0 Å². The Hall–Kier alpha value is 0.0600. The van der Waals surface area contributed by atoms with Crippen molar-refractivity contribution in [3.8, 4) is 0 Å². The Labute approximate surface area is 122 Å². The van der Waals surface area contributed by atoms with Crippen molar-refractivity contribution in [1.29, 1.82) is 0 Å². The van der Waals surface area contributed by atoms with Gasteiger partial charge in [-0.25, -0.2) is 0 Å². The molecular formula is C13H21BrN2OS. The molecule has 0 aromatic carbocycles. The van der Waals surface area contributed by atoms with Gasteiger partial charge < -0.3 is 15.0 Å². The molecular weight excluding hydrogens is 312 g/mol. The van der Waals surface area contributed by atoms with Crippen molar-refractivity contribution in [2.75, 3.05) is 33.3 Å². The zero-order chi connectivity index (χ0) is 13.0. The van der Waals surface area contributed by atoms with Crippen LogP contribution in [0.25, 0.3) is 0 Å². The zero-order valence-corrected chi connectivity index (χ0v) is 13.4. The largest absolute Gasteiger partial charge is 0.374 e. The number of nitrogens with one attached hydrogen (secondary N) is 1. The fourth-order valence-corrected chi connectivity index (χ4v) is 3.98. The maximum absolute atomic E-state index is 5.97. The monoisotopic (exact) mass is 332 g/mol. The topological polar surface area (TPSA) is 24.5 Å². The molecule has 2 unspecified atom stereocenters. The van der Waals surface area contributed by atoms with Crippen LogP contribution < -0.4 is 5.32 Å². The van der Waals surface area contributed by atoms with Crippen LogP contribution in [0.15, 0.2) is 15.9 Å². The van der Waals surface area contributed by atoms with Crippen molar-refractivity contribution in [3.05, 3.63) is 20.8 Å². The number of thiophene rings is 1. The average molecular weight is 333 g/mol. The number of likely N-dealkylation sites (N-methyl/N-ethyl adjacent to an activating group) is 1. The lowest BCUT2D eigenvalue weighted by molar-refractivity contribution is -0.0387. The summed E-state index contributed by atoms with van der Waals surface area (Å²) in [4.78, 5) is 3.69. The summed E-state index contributed by atoms with van der Waals surface area (Å²) in [6, 6.07) is 2.41. The Morgan fingerprint density at radius 1 is 1.67 bits per heavy atom. The van der Waals surface area contributed by atoms with Gasteiger partial charge >= 0.3 is 0 Å². The second-order valence-electron chi connectivity index (χ2n) is 4.74. The van der Waals surface area contributed by atoms with Crippen LogP contribution >= 0.6 is 27.3 Å². The normalized spacial score (nSPS) is 23.2. The summed E-state index contributed by atoms with van der Waals surface area (Å²) < 4.78 is 7.16. The molecule has 1 aromatic heterocycles. The van der Waals surface area contributed by atoms with E-state index in [9.17, 15) is 0 Å². The van der Waals surface area contributed by atoms with Gasteiger partial charge in [0.05, 0.1) is 18.8 Å². The molecule has 1 aliphatic heterocycles. The van der Waals surface area contributed by atoms with Crippen molar-refractivity contribution in [1.82, 2.24) is 10.2 Å². The van der Waals surface area contributed by atoms with Gasteiger partial charge in [0.15, 0.2) is 0 Å². The number of nitrogens with zero attached hydrogens (tertiary/aromatic N) is 1. The number of hydrogen-bond acceptors (Lipinski definition) is 4. The van der Waals surface area contributed by atoms with E-state index >= 15 is 0 Å². The second-order valence-corrected chi connectivity index (χ2v) is 6.54. The van der Waals surface area contributed by atoms with E-state index in [4.69, 9.17) is 4.74 Å². The van der Waals surface area contributed by atoms with Crippen molar-refractivity contribution < 1.29 is 4.74 Å². The molecule has 1 saturated heterocycles. The number of rotatable bonds is 5. The van der Waals surface area contributed by atoms with Gasteiger partial charge in [0.1, 0.15) is 0 Å². The van der Waals surface area contributed by atoms with E-state index in [0.29, 0.717) is 6.04 Å². The van der Waals surface area contributed by atoms with E-state index in [-0.39, 0.29) is 6.10 Å². The smallest absolute Gasteiger partial charge is 0.0905 e. The molecule has 0 radical (unpaired) electrons. The van der Waals surface area contributed by atoms with Crippen molar-refractivity contribution in [3.63, 3.8) is 0 Å². The Morgan fingerprint density at radius 3 is 3.11 bits per heavy atom. The molecule has 0 amide bonds. The summed E-state index contributed by atoms with van der Waals surface area (Å²) in [5, 5.41) is 5.76.